The van der Waals surface area contributed by atoms with Crippen molar-refractivity contribution < 1.29 is 29.9 Å². The Morgan fingerprint density at radius 3 is 2.31 bits per heavy atom. The van der Waals surface area contributed by atoms with E-state index in [0.717, 1.165) is 16.9 Å². The number of hydrogen-bond acceptors (Lipinski definition) is 6. The summed E-state index contributed by atoms with van der Waals surface area (Å²) in [7, 11) is 0. The van der Waals surface area contributed by atoms with Gasteiger partial charge < -0.3 is 29.9 Å². The summed E-state index contributed by atoms with van der Waals surface area (Å²) < 4.78 is 11.1. The molecule has 0 radical (unpaired) electrons. The standard InChI is InChI=1S/C21H25ClO6.Na.H/c1-2-27-15-6-3-12(4-7-15)9-14-10-13(5-8-16(14)22)21-20(26)19(25)18(24)17(11-23)28-21;;/h3-8,10,17-21,23-26H,2,9,11H2,1H3;;/t17-,18-,19+,20-,21+;;/m1../s1. The first kappa shape index (κ1) is 24.6. The van der Waals surface area contributed by atoms with E-state index in [-0.39, 0.29) is 29.6 Å². The molecule has 154 valence electrons. The summed E-state index contributed by atoms with van der Waals surface area (Å²) >= 11 is 6.35. The zero-order valence-electron chi connectivity index (χ0n) is 15.5. The molecular weight excluding hydrogens is 407 g/mol. The number of aliphatic hydroxyl groups is 4. The Kier molecular flexibility index (Phi) is 9.41. The number of hydrogen-bond donors (Lipinski definition) is 4. The second kappa shape index (κ2) is 11.1. The molecule has 1 aliphatic heterocycles. The van der Waals surface area contributed by atoms with Gasteiger partial charge in [0.05, 0.1) is 13.2 Å². The van der Waals surface area contributed by atoms with Crippen LogP contribution in [-0.4, -0.2) is 87.6 Å². The van der Waals surface area contributed by atoms with E-state index in [2.05, 4.69) is 0 Å². The van der Waals surface area contributed by atoms with E-state index >= 15 is 0 Å². The van der Waals surface area contributed by atoms with Gasteiger partial charge in [-0.15, -0.1) is 0 Å². The molecule has 8 heteroatoms. The Hall–Kier alpha value is -0.670. The molecule has 0 amide bonds. The molecule has 0 aromatic heterocycles. The minimum atomic E-state index is -1.42. The maximum atomic E-state index is 10.3. The van der Waals surface area contributed by atoms with Crippen molar-refractivity contribution in [2.24, 2.45) is 0 Å². The molecule has 0 spiro atoms. The van der Waals surface area contributed by atoms with Gasteiger partial charge in [-0.2, -0.15) is 0 Å². The van der Waals surface area contributed by atoms with Gasteiger partial charge >= 0.3 is 29.6 Å². The topological polar surface area (TPSA) is 99.4 Å². The van der Waals surface area contributed by atoms with Crippen LogP contribution in [0.5, 0.6) is 5.75 Å². The molecule has 3 rings (SSSR count). The molecule has 0 aliphatic carbocycles. The molecule has 2 aromatic rings. The zero-order valence-corrected chi connectivity index (χ0v) is 16.3. The fraction of sp³-hybridized carbons (Fsp3) is 0.429. The van der Waals surface area contributed by atoms with E-state index in [1.54, 1.807) is 12.1 Å². The molecular formula is C21H26ClNaO6. The number of benzene rings is 2. The van der Waals surface area contributed by atoms with Crippen LogP contribution in [0, 0.1) is 0 Å². The second-order valence-electron chi connectivity index (χ2n) is 6.85. The van der Waals surface area contributed by atoms with Crippen molar-refractivity contribution in [3.8, 4) is 5.75 Å². The van der Waals surface area contributed by atoms with E-state index in [1.165, 1.54) is 0 Å². The van der Waals surface area contributed by atoms with E-state index < -0.39 is 37.1 Å². The van der Waals surface area contributed by atoms with Crippen LogP contribution in [0.3, 0.4) is 0 Å². The molecule has 1 fully saturated rings. The van der Waals surface area contributed by atoms with Gasteiger partial charge in [0, 0.05) is 5.02 Å². The Balaban J connectivity index is 0.00000300. The first-order chi connectivity index (χ1) is 13.4. The summed E-state index contributed by atoms with van der Waals surface area (Å²) in [6.45, 7) is 2.07. The molecule has 4 N–H and O–H groups in total. The molecule has 0 unspecified atom stereocenters. The van der Waals surface area contributed by atoms with E-state index in [9.17, 15) is 20.4 Å². The quantitative estimate of drug-likeness (QED) is 0.512. The first-order valence-corrected chi connectivity index (χ1v) is 9.63. The van der Waals surface area contributed by atoms with E-state index in [1.807, 2.05) is 37.3 Å². The molecule has 29 heavy (non-hydrogen) atoms. The summed E-state index contributed by atoms with van der Waals surface area (Å²) in [5.74, 6) is 0.799. The van der Waals surface area contributed by atoms with Gasteiger partial charge in [-0.3, -0.25) is 0 Å². The molecule has 1 heterocycles. The monoisotopic (exact) mass is 432 g/mol. The van der Waals surface area contributed by atoms with Gasteiger partial charge in [0.15, 0.2) is 0 Å². The molecule has 0 saturated carbocycles. The summed E-state index contributed by atoms with van der Waals surface area (Å²) in [5.41, 5.74) is 2.49. The van der Waals surface area contributed by atoms with Crippen molar-refractivity contribution in [1.82, 2.24) is 0 Å². The van der Waals surface area contributed by atoms with Crippen molar-refractivity contribution in [2.45, 2.75) is 43.9 Å². The Labute approximate surface area is 197 Å². The second-order valence-corrected chi connectivity index (χ2v) is 7.26. The zero-order chi connectivity index (χ0) is 20.3. The van der Waals surface area contributed by atoms with Crippen molar-refractivity contribution in [1.29, 1.82) is 0 Å². The Morgan fingerprint density at radius 2 is 1.69 bits per heavy atom. The molecule has 6 nitrogen and oxygen atoms in total. The van der Waals surface area contributed by atoms with Crippen LogP contribution in [-0.2, 0) is 11.2 Å². The number of rotatable bonds is 6. The van der Waals surface area contributed by atoms with Crippen molar-refractivity contribution in [3.63, 3.8) is 0 Å². The maximum absolute atomic E-state index is 10.3. The van der Waals surface area contributed by atoms with Crippen LogP contribution in [0.4, 0.5) is 0 Å². The molecule has 0 bridgehead atoms. The van der Waals surface area contributed by atoms with Gasteiger partial charge in [0.1, 0.15) is 36.3 Å². The molecule has 1 saturated heterocycles. The third kappa shape index (κ3) is 5.73. The van der Waals surface area contributed by atoms with Gasteiger partial charge in [-0.25, -0.2) is 0 Å². The summed E-state index contributed by atoms with van der Waals surface area (Å²) in [5, 5.41) is 40.3. The van der Waals surface area contributed by atoms with Crippen molar-refractivity contribution >= 4 is 41.2 Å². The van der Waals surface area contributed by atoms with E-state index in [4.69, 9.17) is 21.1 Å². The summed E-state index contributed by atoms with van der Waals surface area (Å²) in [6, 6.07) is 12.9. The predicted molar refractivity (Wildman–Crippen MR) is 112 cm³/mol. The van der Waals surface area contributed by atoms with Crippen LogP contribution >= 0.6 is 11.6 Å². The minimum absolute atomic E-state index is 0. The third-order valence-electron chi connectivity index (χ3n) is 4.92. The normalized spacial score (nSPS) is 26.6. The van der Waals surface area contributed by atoms with Crippen molar-refractivity contribution in [2.75, 3.05) is 13.2 Å². The fourth-order valence-electron chi connectivity index (χ4n) is 3.37. The van der Waals surface area contributed by atoms with Crippen molar-refractivity contribution in [3.05, 3.63) is 64.2 Å². The van der Waals surface area contributed by atoms with E-state index in [0.29, 0.717) is 23.6 Å². The number of halogens is 1. The van der Waals surface area contributed by atoms with Gasteiger partial charge in [-0.05, 0) is 48.2 Å². The number of aliphatic hydroxyl groups excluding tert-OH is 4. The fourth-order valence-corrected chi connectivity index (χ4v) is 3.56. The molecule has 5 atom stereocenters. The van der Waals surface area contributed by atoms with Crippen LogP contribution in [0.1, 0.15) is 29.7 Å². The van der Waals surface area contributed by atoms with Crippen LogP contribution in [0.25, 0.3) is 0 Å². The predicted octanol–water partition coefficient (Wildman–Crippen LogP) is 1.20. The van der Waals surface area contributed by atoms with Gasteiger partial charge in [0.25, 0.3) is 0 Å². The molecule has 2 aromatic carbocycles. The van der Waals surface area contributed by atoms with Crippen LogP contribution in [0.15, 0.2) is 42.5 Å². The Morgan fingerprint density at radius 1 is 1.00 bits per heavy atom. The average Bonchev–Trinajstić information content (AvgIpc) is 2.70. The van der Waals surface area contributed by atoms with Gasteiger partial charge in [-0.1, -0.05) is 35.9 Å². The SMILES string of the molecule is CCOc1ccc(Cc2cc([C@@H]3O[C@H](CO)[C@@H](O)[C@H](O)[C@H]3O)ccc2Cl)cc1.[NaH]. The number of ether oxygens (including phenoxy) is 2. The van der Waals surface area contributed by atoms with Gasteiger partial charge in [0.2, 0.25) is 0 Å². The summed E-state index contributed by atoms with van der Waals surface area (Å²) in [4.78, 5) is 0. The first-order valence-electron chi connectivity index (χ1n) is 9.25. The Bertz CT molecular complexity index is 785. The average molecular weight is 433 g/mol. The van der Waals surface area contributed by atoms with Crippen LogP contribution in [0.2, 0.25) is 5.02 Å². The third-order valence-corrected chi connectivity index (χ3v) is 5.29. The summed E-state index contributed by atoms with van der Waals surface area (Å²) in [6.07, 6.45) is -5.39. The molecule has 1 aliphatic rings. The van der Waals surface area contributed by atoms with Crippen LogP contribution < -0.4 is 4.74 Å².